The summed E-state index contributed by atoms with van der Waals surface area (Å²) in [5.74, 6) is 0.0589. The number of hydrogen-bond acceptors (Lipinski definition) is 5. The molecule has 2 aromatic rings. The van der Waals surface area contributed by atoms with Gasteiger partial charge in [-0.1, -0.05) is 18.2 Å². The van der Waals surface area contributed by atoms with E-state index in [0.717, 1.165) is 39.1 Å². The number of rotatable bonds is 7. The van der Waals surface area contributed by atoms with Crippen LogP contribution < -0.4 is 10.2 Å². The molecule has 160 valence electrons. The summed E-state index contributed by atoms with van der Waals surface area (Å²) in [5.41, 5.74) is 1.61. The van der Waals surface area contributed by atoms with Crippen LogP contribution in [0.5, 0.6) is 0 Å². The number of para-hydroxylation sites is 1. The Kier molecular flexibility index (Phi) is 6.32. The molecule has 4 rings (SSSR count). The van der Waals surface area contributed by atoms with Gasteiger partial charge < -0.3 is 19.7 Å². The van der Waals surface area contributed by atoms with Crippen LogP contribution in [-0.2, 0) is 6.54 Å². The first-order valence-electron chi connectivity index (χ1n) is 10.8. The van der Waals surface area contributed by atoms with Gasteiger partial charge >= 0.3 is 0 Å². The SMILES string of the molecule is CCN1CCn2cc(C(=O)NCCCN3CCN(c4ccccc4)CC3)nc2C1=O. The number of nitrogens with zero attached hydrogens (tertiary/aromatic N) is 5. The average Bonchev–Trinajstić information content (AvgIpc) is 3.23. The molecule has 0 unspecified atom stereocenters. The van der Waals surface area contributed by atoms with Crippen molar-refractivity contribution in [1.29, 1.82) is 0 Å². The lowest BCUT2D eigenvalue weighted by atomic mass is 10.2. The monoisotopic (exact) mass is 410 g/mol. The van der Waals surface area contributed by atoms with Crippen LogP contribution in [0.4, 0.5) is 5.69 Å². The summed E-state index contributed by atoms with van der Waals surface area (Å²) >= 11 is 0. The van der Waals surface area contributed by atoms with E-state index in [-0.39, 0.29) is 11.8 Å². The molecule has 8 heteroatoms. The van der Waals surface area contributed by atoms with Crippen molar-refractivity contribution in [3.8, 4) is 0 Å². The Morgan fingerprint density at radius 1 is 1.07 bits per heavy atom. The fraction of sp³-hybridized carbons (Fsp3) is 0.500. The van der Waals surface area contributed by atoms with E-state index in [1.807, 2.05) is 13.0 Å². The van der Waals surface area contributed by atoms with Crippen LogP contribution in [0.2, 0.25) is 0 Å². The largest absolute Gasteiger partial charge is 0.369 e. The summed E-state index contributed by atoms with van der Waals surface area (Å²) in [6.45, 7) is 9.65. The van der Waals surface area contributed by atoms with E-state index in [0.29, 0.717) is 37.7 Å². The van der Waals surface area contributed by atoms with E-state index in [9.17, 15) is 9.59 Å². The van der Waals surface area contributed by atoms with Gasteiger partial charge in [-0.15, -0.1) is 0 Å². The molecule has 0 atom stereocenters. The zero-order valence-electron chi connectivity index (χ0n) is 17.6. The predicted octanol–water partition coefficient (Wildman–Crippen LogP) is 1.30. The number of piperazine rings is 1. The maximum absolute atomic E-state index is 12.4. The maximum atomic E-state index is 12.4. The lowest BCUT2D eigenvalue weighted by Crippen LogP contribution is -2.47. The van der Waals surface area contributed by atoms with Crippen molar-refractivity contribution in [2.75, 3.05) is 57.3 Å². The summed E-state index contributed by atoms with van der Waals surface area (Å²) in [6, 6.07) is 10.5. The molecule has 0 aliphatic carbocycles. The number of amides is 2. The third-order valence-corrected chi connectivity index (χ3v) is 5.91. The van der Waals surface area contributed by atoms with Crippen LogP contribution in [0.25, 0.3) is 0 Å². The van der Waals surface area contributed by atoms with E-state index in [2.05, 4.69) is 44.4 Å². The highest BCUT2D eigenvalue weighted by Gasteiger charge is 2.27. The Morgan fingerprint density at radius 3 is 2.57 bits per heavy atom. The van der Waals surface area contributed by atoms with Crippen molar-refractivity contribution in [3.63, 3.8) is 0 Å². The minimum Gasteiger partial charge on any atom is -0.369 e. The molecule has 8 nitrogen and oxygen atoms in total. The lowest BCUT2D eigenvalue weighted by molar-refractivity contribution is 0.0707. The number of anilines is 1. The minimum atomic E-state index is -0.207. The molecule has 1 aromatic carbocycles. The van der Waals surface area contributed by atoms with Crippen LogP contribution in [0, 0.1) is 0 Å². The van der Waals surface area contributed by atoms with E-state index in [1.54, 1.807) is 15.7 Å². The van der Waals surface area contributed by atoms with Crippen molar-refractivity contribution >= 4 is 17.5 Å². The van der Waals surface area contributed by atoms with Gasteiger partial charge in [0.1, 0.15) is 5.69 Å². The van der Waals surface area contributed by atoms with Crippen molar-refractivity contribution in [1.82, 2.24) is 24.7 Å². The summed E-state index contributed by atoms with van der Waals surface area (Å²) in [4.78, 5) is 35.7. The Labute approximate surface area is 177 Å². The summed E-state index contributed by atoms with van der Waals surface area (Å²) in [7, 11) is 0. The fourth-order valence-electron chi connectivity index (χ4n) is 4.10. The summed E-state index contributed by atoms with van der Waals surface area (Å²) < 4.78 is 1.79. The zero-order valence-corrected chi connectivity index (χ0v) is 17.6. The minimum absolute atomic E-state index is 0.0996. The van der Waals surface area contributed by atoms with Gasteiger partial charge in [0.15, 0.2) is 5.82 Å². The first-order chi connectivity index (χ1) is 14.7. The Hall–Kier alpha value is -2.87. The highest BCUT2D eigenvalue weighted by Crippen LogP contribution is 2.16. The number of carbonyl (C=O) groups excluding carboxylic acids is 2. The number of imidazole rings is 1. The van der Waals surface area contributed by atoms with Gasteiger partial charge in [-0.3, -0.25) is 14.5 Å². The van der Waals surface area contributed by atoms with E-state index < -0.39 is 0 Å². The van der Waals surface area contributed by atoms with Gasteiger partial charge in [0.2, 0.25) is 0 Å². The summed E-state index contributed by atoms with van der Waals surface area (Å²) in [5, 5.41) is 2.95. The molecule has 0 saturated carbocycles. The number of aromatic nitrogens is 2. The smallest absolute Gasteiger partial charge is 0.289 e. The Morgan fingerprint density at radius 2 is 1.83 bits per heavy atom. The Bertz CT molecular complexity index is 873. The van der Waals surface area contributed by atoms with E-state index in [1.165, 1.54) is 5.69 Å². The van der Waals surface area contributed by atoms with Gasteiger partial charge in [0.25, 0.3) is 11.8 Å². The topological polar surface area (TPSA) is 73.7 Å². The Balaban J connectivity index is 1.19. The molecule has 1 saturated heterocycles. The van der Waals surface area contributed by atoms with Gasteiger partial charge in [-0.25, -0.2) is 4.98 Å². The second-order valence-corrected chi connectivity index (χ2v) is 7.80. The third kappa shape index (κ3) is 4.48. The number of carbonyl (C=O) groups is 2. The highest BCUT2D eigenvalue weighted by atomic mass is 16.2. The molecule has 1 fully saturated rings. The quantitative estimate of drug-likeness (QED) is 0.697. The molecule has 2 aliphatic rings. The highest BCUT2D eigenvalue weighted by molar-refractivity contribution is 5.96. The molecule has 0 radical (unpaired) electrons. The maximum Gasteiger partial charge on any atom is 0.289 e. The first kappa shape index (κ1) is 20.4. The second kappa shape index (κ2) is 9.30. The molecule has 3 heterocycles. The number of hydrogen-bond donors (Lipinski definition) is 1. The van der Waals surface area contributed by atoms with Gasteiger partial charge in [0.05, 0.1) is 0 Å². The molecule has 1 aromatic heterocycles. The number of benzene rings is 1. The molecular formula is C22H30N6O2. The van der Waals surface area contributed by atoms with Crippen LogP contribution >= 0.6 is 0 Å². The number of likely N-dealkylation sites (N-methyl/N-ethyl adjacent to an activating group) is 1. The van der Waals surface area contributed by atoms with Crippen molar-refractivity contribution in [2.24, 2.45) is 0 Å². The first-order valence-corrected chi connectivity index (χ1v) is 10.8. The van der Waals surface area contributed by atoms with E-state index >= 15 is 0 Å². The summed E-state index contributed by atoms with van der Waals surface area (Å²) in [6.07, 6.45) is 2.59. The molecule has 1 N–H and O–H groups in total. The van der Waals surface area contributed by atoms with Crippen molar-refractivity contribution in [3.05, 3.63) is 48.0 Å². The third-order valence-electron chi connectivity index (χ3n) is 5.91. The molecule has 0 bridgehead atoms. The fourth-order valence-corrected chi connectivity index (χ4v) is 4.10. The van der Waals surface area contributed by atoms with Crippen molar-refractivity contribution < 1.29 is 9.59 Å². The van der Waals surface area contributed by atoms with Gasteiger partial charge in [-0.05, 0) is 32.0 Å². The number of fused-ring (bicyclic) bond motifs is 1. The normalized spacial score (nSPS) is 17.2. The van der Waals surface area contributed by atoms with Gasteiger partial charge in [0, 0.05) is 64.2 Å². The molecule has 2 aliphatic heterocycles. The van der Waals surface area contributed by atoms with Crippen LogP contribution in [0.1, 0.15) is 34.5 Å². The van der Waals surface area contributed by atoms with Crippen LogP contribution in [0.3, 0.4) is 0 Å². The lowest BCUT2D eigenvalue weighted by Gasteiger charge is -2.36. The van der Waals surface area contributed by atoms with Crippen molar-refractivity contribution in [2.45, 2.75) is 19.9 Å². The standard InChI is InChI=1S/C22H30N6O2/c1-2-26-15-16-28-17-19(24-20(28)22(26)30)21(29)23-9-6-10-25-11-13-27(14-12-25)18-7-4-3-5-8-18/h3-5,7-8,17H,2,6,9-16H2,1H3,(H,23,29). The molecule has 0 spiro atoms. The molecular weight excluding hydrogens is 380 g/mol. The molecule has 2 amide bonds. The van der Waals surface area contributed by atoms with Crippen LogP contribution in [-0.4, -0.2) is 83.5 Å². The second-order valence-electron chi connectivity index (χ2n) is 7.80. The van der Waals surface area contributed by atoms with Crippen LogP contribution in [0.15, 0.2) is 36.5 Å². The predicted molar refractivity (Wildman–Crippen MR) is 116 cm³/mol. The number of nitrogens with one attached hydrogen (secondary N) is 1. The van der Waals surface area contributed by atoms with E-state index in [4.69, 9.17) is 0 Å². The zero-order chi connectivity index (χ0) is 20.9. The van der Waals surface area contributed by atoms with Gasteiger partial charge in [-0.2, -0.15) is 0 Å². The molecule has 30 heavy (non-hydrogen) atoms. The average molecular weight is 411 g/mol.